The molecule has 0 heterocycles. The van der Waals surface area contributed by atoms with Crippen LogP contribution >= 0.6 is 12.2 Å². The van der Waals surface area contributed by atoms with Gasteiger partial charge in [-0.25, -0.2) is 0 Å². The average Bonchev–Trinajstić information content (AvgIpc) is 2.03. The summed E-state index contributed by atoms with van der Waals surface area (Å²) in [6.07, 6.45) is 0. The van der Waals surface area contributed by atoms with Crippen LogP contribution in [0.5, 0.6) is 0 Å². The summed E-state index contributed by atoms with van der Waals surface area (Å²) in [6, 6.07) is 0. The summed E-state index contributed by atoms with van der Waals surface area (Å²) in [5.41, 5.74) is 5.48. The summed E-state index contributed by atoms with van der Waals surface area (Å²) in [4.78, 5) is 15.3. The zero-order chi connectivity index (χ0) is 11.3. The Kier molecular flexibility index (Phi) is 5.64. The first-order valence-electron chi connectivity index (χ1n) is 4.52. The van der Waals surface area contributed by atoms with Crippen LogP contribution in [0.3, 0.4) is 0 Å². The first-order chi connectivity index (χ1) is 6.34. The van der Waals surface area contributed by atoms with Crippen molar-refractivity contribution >= 4 is 23.1 Å². The standard InChI is InChI=1S/C9H19N3OS/c1-7(9(10)14)5-12(4)6-8(13)11(2)3/h7H,5-6H2,1-4H3,(H2,10,14). The maximum Gasteiger partial charge on any atom is 0.236 e. The highest BCUT2D eigenvalue weighted by atomic mass is 32.1. The van der Waals surface area contributed by atoms with Crippen molar-refractivity contribution in [1.82, 2.24) is 9.80 Å². The lowest BCUT2D eigenvalue weighted by Gasteiger charge is -2.21. The molecule has 1 amide bonds. The third-order valence-corrected chi connectivity index (χ3v) is 2.38. The Morgan fingerprint density at radius 1 is 1.43 bits per heavy atom. The van der Waals surface area contributed by atoms with Crippen LogP contribution in [0.25, 0.3) is 0 Å². The predicted molar refractivity (Wildman–Crippen MR) is 62.1 cm³/mol. The summed E-state index contributed by atoms with van der Waals surface area (Å²) < 4.78 is 0. The molecule has 4 nitrogen and oxygen atoms in total. The molecule has 0 aliphatic carbocycles. The van der Waals surface area contributed by atoms with E-state index in [1.54, 1.807) is 19.0 Å². The topological polar surface area (TPSA) is 49.6 Å². The van der Waals surface area contributed by atoms with Gasteiger partial charge in [-0.3, -0.25) is 9.69 Å². The van der Waals surface area contributed by atoms with Crippen molar-refractivity contribution < 1.29 is 4.79 Å². The molecule has 0 saturated heterocycles. The summed E-state index contributed by atoms with van der Waals surface area (Å²) in [5.74, 6) is 0.229. The van der Waals surface area contributed by atoms with Crippen LogP contribution in [0.15, 0.2) is 0 Å². The van der Waals surface area contributed by atoms with Gasteiger partial charge in [-0.15, -0.1) is 0 Å². The minimum atomic E-state index is 0.0858. The molecule has 0 aromatic rings. The molecular formula is C9H19N3OS. The minimum Gasteiger partial charge on any atom is -0.393 e. The SMILES string of the molecule is CC(CN(C)CC(=O)N(C)C)C(N)=S. The van der Waals surface area contributed by atoms with E-state index in [0.717, 1.165) is 6.54 Å². The number of hydrogen-bond acceptors (Lipinski definition) is 3. The number of rotatable bonds is 5. The van der Waals surface area contributed by atoms with Crippen LogP contribution in [0.2, 0.25) is 0 Å². The van der Waals surface area contributed by atoms with Gasteiger partial charge < -0.3 is 10.6 Å². The lowest BCUT2D eigenvalue weighted by Crippen LogP contribution is -2.38. The van der Waals surface area contributed by atoms with Gasteiger partial charge in [-0.1, -0.05) is 19.1 Å². The second-order valence-corrected chi connectivity index (χ2v) is 4.26. The normalized spacial score (nSPS) is 12.6. The van der Waals surface area contributed by atoms with Gasteiger partial charge in [-0.2, -0.15) is 0 Å². The number of carbonyl (C=O) groups is 1. The molecule has 0 aromatic carbocycles. The number of nitrogens with zero attached hydrogens (tertiary/aromatic N) is 2. The molecule has 0 saturated carbocycles. The van der Waals surface area contributed by atoms with Gasteiger partial charge in [0.1, 0.15) is 0 Å². The van der Waals surface area contributed by atoms with Crippen molar-refractivity contribution in [2.24, 2.45) is 11.7 Å². The Morgan fingerprint density at radius 3 is 2.29 bits per heavy atom. The monoisotopic (exact) mass is 217 g/mol. The molecule has 0 aromatic heterocycles. The maximum absolute atomic E-state index is 11.3. The van der Waals surface area contributed by atoms with E-state index in [2.05, 4.69) is 0 Å². The predicted octanol–water partition coefficient (Wildman–Crippen LogP) is -0.0714. The van der Waals surface area contributed by atoms with E-state index in [1.807, 2.05) is 18.9 Å². The molecule has 1 atom stereocenters. The highest BCUT2D eigenvalue weighted by molar-refractivity contribution is 7.80. The molecule has 5 heteroatoms. The second kappa shape index (κ2) is 5.93. The number of likely N-dealkylation sites (N-methyl/N-ethyl adjacent to an activating group) is 2. The molecule has 82 valence electrons. The Balaban J connectivity index is 3.92. The summed E-state index contributed by atoms with van der Waals surface area (Å²) in [7, 11) is 5.37. The lowest BCUT2D eigenvalue weighted by atomic mass is 10.2. The first kappa shape index (κ1) is 13.3. The van der Waals surface area contributed by atoms with E-state index in [0.29, 0.717) is 11.5 Å². The van der Waals surface area contributed by atoms with Crippen LogP contribution in [0.4, 0.5) is 0 Å². The third kappa shape index (κ3) is 5.14. The number of thiocarbonyl (C=S) groups is 1. The highest BCUT2D eigenvalue weighted by Crippen LogP contribution is 1.98. The van der Waals surface area contributed by atoms with Crippen molar-refractivity contribution in [2.45, 2.75) is 6.92 Å². The van der Waals surface area contributed by atoms with Crippen LogP contribution < -0.4 is 5.73 Å². The van der Waals surface area contributed by atoms with E-state index >= 15 is 0 Å². The van der Waals surface area contributed by atoms with E-state index < -0.39 is 0 Å². The number of carbonyl (C=O) groups excluding carboxylic acids is 1. The molecule has 0 rings (SSSR count). The summed E-state index contributed by atoms with van der Waals surface area (Å²) in [6.45, 7) is 3.08. The van der Waals surface area contributed by atoms with Gasteiger partial charge >= 0.3 is 0 Å². The van der Waals surface area contributed by atoms with Gasteiger partial charge in [0.25, 0.3) is 0 Å². The largest absolute Gasteiger partial charge is 0.393 e. The quantitative estimate of drug-likeness (QED) is 0.655. The zero-order valence-electron chi connectivity index (χ0n) is 9.28. The van der Waals surface area contributed by atoms with Crippen LogP contribution in [-0.4, -0.2) is 54.9 Å². The molecule has 1 unspecified atom stereocenters. The molecular weight excluding hydrogens is 198 g/mol. The van der Waals surface area contributed by atoms with Gasteiger partial charge in [-0.05, 0) is 7.05 Å². The summed E-state index contributed by atoms with van der Waals surface area (Å²) in [5, 5.41) is 0. The third-order valence-electron chi connectivity index (χ3n) is 1.98. The summed E-state index contributed by atoms with van der Waals surface area (Å²) >= 11 is 4.86. The fraction of sp³-hybridized carbons (Fsp3) is 0.778. The van der Waals surface area contributed by atoms with Gasteiger partial charge in [0, 0.05) is 26.6 Å². The van der Waals surface area contributed by atoms with Gasteiger partial charge in [0.05, 0.1) is 11.5 Å². The van der Waals surface area contributed by atoms with Gasteiger partial charge in [0.2, 0.25) is 5.91 Å². The number of amides is 1. The molecule has 0 spiro atoms. The van der Waals surface area contributed by atoms with E-state index in [1.165, 1.54) is 0 Å². The zero-order valence-corrected chi connectivity index (χ0v) is 10.1. The molecule has 14 heavy (non-hydrogen) atoms. The molecule has 2 N–H and O–H groups in total. The van der Waals surface area contributed by atoms with E-state index in [4.69, 9.17) is 18.0 Å². The highest BCUT2D eigenvalue weighted by Gasteiger charge is 2.12. The van der Waals surface area contributed by atoms with Crippen molar-refractivity contribution in [3.05, 3.63) is 0 Å². The van der Waals surface area contributed by atoms with Crippen LogP contribution in [0.1, 0.15) is 6.92 Å². The molecule has 0 aliphatic heterocycles. The fourth-order valence-electron chi connectivity index (χ4n) is 0.994. The smallest absolute Gasteiger partial charge is 0.236 e. The van der Waals surface area contributed by atoms with Crippen LogP contribution in [0, 0.1) is 5.92 Å². The Bertz CT molecular complexity index is 218. The van der Waals surface area contributed by atoms with Crippen molar-refractivity contribution in [1.29, 1.82) is 0 Å². The maximum atomic E-state index is 11.3. The van der Waals surface area contributed by atoms with Crippen molar-refractivity contribution in [3.8, 4) is 0 Å². The lowest BCUT2D eigenvalue weighted by molar-refractivity contribution is -0.129. The van der Waals surface area contributed by atoms with Crippen molar-refractivity contribution in [3.63, 3.8) is 0 Å². The fourth-order valence-corrected chi connectivity index (χ4v) is 1.07. The number of nitrogens with two attached hydrogens (primary N) is 1. The Morgan fingerprint density at radius 2 is 1.93 bits per heavy atom. The average molecular weight is 217 g/mol. The second-order valence-electron chi connectivity index (χ2n) is 3.79. The first-order valence-corrected chi connectivity index (χ1v) is 4.93. The van der Waals surface area contributed by atoms with E-state index in [9.17, 15) is 4.79 Å². The van der Waals surface area contributed by atoms with Gasteiger partial charge in [0.15, 0.2) is 0 Å². The molecule has 0 bridgehead atoms. The Labute approximate surface area is 91.0 Å². The molecule has 0 radical (unpaired) electrons. The van der Waals surface area contributed by atoms with Crippen LogP contribution in [-0.2, 0) is 4.79 Å². The molecule has 0 aliphatic rings. The van der Waals surface area contributed by atoms with Crippen molar-refractivity contribution in [2.75, 3.05) is 34.2 Å². The van der Waals surface area contributed by atoms with E-state index in [-0.39, 0.29) is 11.8 Å². The number of hydrogen-bond donors (Lipinski definition) is 1. The molecule has 0 fully saturated rings. The Hall–Kier alpha value is -0.680. The minimum absolute atomic E-state index is 0.0858.